The summed E-state index contributed by atoms with van der Waals surface area (Å²) in [5.74, 6) is -1.22. The zero-order chi connectivity index (χ0) is 20.1. The van der Waals surface area contributed by atoms with Crippen molar-refractivity contribution in [3.05, 3.63) is 70.8 Å². The number of benzene rings is 2. The van der Waals surface area contributed by atoms with E-state index in [4.69, 9.17) is 0 Å². The van der Waals surface area contributed by atoms with Crippen LogP contribution in [0.5, 0.6) is 0 Å². The van der Waals surface area contributed by atoms with Crippen LogP contribution in [0.4, 0.5) is 13.6 Å². The largest absolute Gasteiger partial charge is 0.345 e. The van der Waals surface area contributed by atoms with Gasteiger partial charge in [-0.2, -0.15) is 0 Å². The summed E-state index contributed by atoms with van der Waals surface area (Å²) in [4.78, 5) is 27.0. The number of hydrogen-bond donors (Lipinski definition) is 1. The summed E-state index contributed by atoms with van der Waals surface area (Å²) in [6, 6.07) is 9.01. The van der Waals surface area contributed by atoms with Gasteiger partial charge in [0.25, 0.3) is 5.91 Å². The maximum Gasteiger partial charge on any atom is 0.317 e. The van der Waals surface area contributed by atoms with E-state index in [1.165, 1.54) is 16.8 Å². The lowest BCUT2D eigenvalue weighted by atomic mass is 10.1. The quantitative estimate of drug-likeness (QED) is 0.869. The summed E-state index contributed by atoms with van der Waals surface area (Å²) in [6.45, 7) is 1.87. The van der Waals surface area contributed by atoms with Gasteiger partial charge in [-0.1, -0.05) is 12.1 Å². The number of carbonyl (C=O) groups excluding carboxylic acids is 2. The average molecular weight is 375 g/mol. The number of halogens is 2. The van der Waals surface area contributed by atoms with Gasteiger partial charge in [-0.15, -0.1) is 0 Å². The summed E-state index contributed by atoms with van der Waals surface area (Å²) in [7, 11) is 4.87. The van der Waals surface area contributed by atoms with Crippen molar-refractivity contribution in [2.24, 2.45) is 0 Å². The van der Waals surface area contributed by atoms with Gasteiger partial charge in [0, 0.05) is 38.8 Å². The van der Waals surface area contributed by atoms with Crippen molar-refractivity contribution in [2.45, 2.75) is 19.5 Å². The average Bonchev–Trinajstić information content (AvgIpc) is 2.66. The monoisotopic (exact) mass is 375 g/mol. The highest BCUT2D eigenvalue weighted by Gasteiger charge is 2.20. The highest BCUT2D eigenvalue weighted by atomic mass is 19.1. The maximum atomic E-state index is 13.9. The fourth-order valence-electron chi connectivity index (χ4n) is 2.55. The summed E-state index contributed by atoms with van der Waals surface area (Å²) >= 11 is 0. The van der Waals surface area contributed by atoms with E-state index in [0.717, 1.165) is 23.8 Å². The van der Waals surface area contributed by atoms with Gasteiger partial charge in [-0.05, 0) is 42.8 Å². The Bertz CT molecular complexity index is 822. The lowest BCUT2D eigenvalue weighted by Crippen LogP contribution is -2.38. The summed E-state index contributed by atoms with van der Waals surface area (Å²) in [5, 5.41) is 2.73. The Morgan fingerprint density at radius 1 is 1.04 bits per heavy atom. The van der Waals surface area contributed by atoms with Gasteiger partial charge in [-0.3, -0.25) is 4.79 Å². The van der Waals surface area contributed by atoms with Crippen LogP contribution >= 0.6 is 0 Å². The van der Waals surface area contributed by atoms with E-state index in [1.54, 1.807) is 45.3 Å². The number of nitrogens with zero attached hydrogens (tertiary/aromatic N) is 2. The van der Waals surface area contributed by atoms with Gasteiger partial charge >= 0.3 is 6.03 Å². The second-order valence-corrected chi connectivity index (χ2v) is 6.51. The van der Waals surface area contributed by atoms with Gasteiger partial charge in [0.05, 0.1) is 6.04 Å². The third-order valence-corrected chi connectivity index (χ3v) is 4.36. The standard InChI is InChI=1S/C20H23F2N3O2/c1-13(17-11-16(21)9-10-18(17)22)25(4)20(27)23-12-14-5-7-15(8-6-14)19(26)24(2)3/h5-11,13H,12H2,1-4H3,(H,23,27). The molecule has 0 aliphatic carbocycles. The molecule has 144 valence electrons. The van der Waals surface area contributed by atoms with Crippen molar-refractivity contribution in [3.8, 4) is 0 Å². The van der Waals surface area contributed by atoms with Crippen LogP contribution in [-0.2, 0) is 6.54 Å². The minimum Gasteiger partial charge on any atom is -0.345 e. The minimum atomic E-state index is -0.638. The predicted octanol–water partition coefficient (Wildman–Crippen LogP) is 3.57. The van der Waals surface area contributed by atoms with Gasteiger partial charge < -0.3 is 15.1 Å². The molecule has 0 saturated heterocycles. The second kappa shape index (κ2) is 8.62. The van der Waals surface area contributed by atoms with E-state index in [9.17, 15) is 18.4 Å². The van der Waals surface area contributed by atoms with E-state index in [0.29, 0.717) is 5.56 Å². The van der Waals surface area contributed by atoms with Gasteiger partial charge in [0.2, 0.25) is 0 Å². The van der Waals surface area contributed by atoms with E-state index in [2.05, 4.69) is 5.32 Å². The number of amides is 3. The zero-order valence-electron chi connectivity index (χ0n) is 15.8. The van der Waals surface area contributed by atoms with E-state index < -0.39 is 23.7 Å². The lowest BCUT2D eigenvalue weighted by Gasteiger charge is -2.26. The Balaban J connectivity index is 1.98. The smallest absolute Gasteiger partial charge is 0.317 e. The molecule has 0 heterocycles. The first kappa shape index (κ1) is 20.4. The molecule has 0 aromatic heterocycles. The highest BCUT2D eigenvalue weighted by Crippen LogP contribution is 2.22. The highest BCUT2D eigenvalue weighted by molar-refractivity contribution is 5.93. The van der Waals surface area contributed by atoms with E-state index in [1.807, 2.05) is 0 Å². The van der Waals surface area contributed by atoms with Crippen molar-refractivity contribution in [1.29, 1.82) is 0 Å². The molecule has 2 rings (SSSR count). The van der Waals surface area contributed by atoms with Crippen molar-refractivity contribution in [3.63, 3.8) is 0 Å². The Morgan fingerprint density at radius 2 is 1.67 bits per heavy atom. The molecule has 0 aliphatic rings. The molecule has 0 spiro atoms. The molecule has 0 saturated carbocycles. The molecule has 1 atom stereocenters. The topological polar surface area (TPSA) is 52.7 Å². The van der Waals surface area contributed by atoms with Crippen LogP contribution in [0.15, 0.2) is 42.5 Å². The third-order valence-electron chi connectivity index (χ3n) is 4.36. The normalized spacial score (nSPS) is 11.6. The van der Waals surface area contributed by atoms with Crippen molar-refractivity contribution < 1.29 is 18.4 Å². The number of rotatable bonds is 5. The van der Waals surface area contributed by atoms with Gasteiger partial charge in [0.15, 0.2) is 0 Å². The SMILES string of the molecule is CC(c1cc(F)ccc1F)N(C)C(=O)NCc1ccc(C(=O)N(C)C)cc1. The molecule has 0 aliphatic heterocycles. The van der Waals surface area contributed by atoms with Crippen molar-refractivity contribution in [1.82, 2.24) is 15.1 Å². The molecular formula is C20H23F2N3O2. The molecule has 0 bridgehead atoms. The van der Waals surface area contributed by atoms with Crippen molar-refractivity contribution in [2.75, 3.05) is 21.1 Å². The van der Waals surface area contributed by atoms with Crippen LogP contribution in [0, 0.1) is 11.6 Å². The van der Waals surface area contributed by atoms with Crippen LogP contribution < -0.4 is 5.32 Å². The van der Waals surface area contributed by atoms with E-state index >= 15 is 0 Å². The maximum absolute atomic E-state index is 13.9. The van der Waals surface area contributed by atoms with Gasteiger partial charge in [-0.25, -0.2) is 13.6 Å². The van der Waals surface area contributed by atoms with Crippen LogP contribution in [0.3, 0.4) is 0 Å². The molecule has 7 heteroatoms. The van der Waals surface area contributed by atoms with Crippen LogP contribution in [0.25, 0.3) is 0 Å². The Hall–Kier alpha value is -2.96. The second-order valence-electron chi connectivity index (χ2n) is 6.51. The number of nitrogens with one attached hydrogen (secondary N) is 1. The fourth-order valence-corrected chi connectivity index (χ4v) is 2.55. The van der Waals surface area contributed by atoms with E-state index in [-0.39, 0.29) is 18.0 Å². The van der Waals surface area contributed by atoms with Crippen LogP contribution in [0.2, 0.25) is 0 Å². The summed E-state index contributed by atoms with van der Waals surface area (Å²) in [5.41, 5.74) is 1.48. The molecule has 0 radical (unpaired) electrons. The molecule has 27 heavy (non-hydrogen) atoms. The zero-order valence-corrected chi connectivity index (χ0v) is 15.8. The Kier molecular flexibility index (Phi) is 6.50. The molecule has 1 N–H and O–H groups in total. The molecule has 5 nitrogen and oxygen atoms in total. The predicted molar refractivity (Wildman–Crippen MR) is 99.2 cm³/mol. The number of urea groups is 1. The number of hydrogen-bond acceptors (Lipinski definition) is 2. The summed E-state index contributed by atoms with van der Waals surface area (Å²) < 4.78 is 27.3. The third kappa shape index (κ3) is 5.03. The lowest BCUT2D eigenvalue weighted by molar-refractivity contribution is 0.0827. The Labute approximate surface area is 157 Å². The molecule has 2 aromatic rings. The first-order valence-electron chi connectivity index (χ1n) is 8.47. The first-order chi connectivity index (χ1) is 12.7. The van der Waals surface area contributed by atoms with Gasteiger partial charge in [0.1, 0.15) is 11.6 Å². The van der Waals surface area contributed by atoms with Crippen LogP contribution in [-0.4, -0.2) is 42.9 Å². The molecule has 3 amide bonds. The summed E-state index contributed by atoms with van der Waals surface area (Å²) in [6.07, 6.45) is 0. The molecule has 0 fully saturated rings. The number of carbonyl (C=O) groups is 2. The molecule has 2 aromatic carbocycles. The molecule has 1 unspecified atom stereocenters. The molecular weight excluding hydrogens is 352 g/mol. The Morgan fingerprint density at radius 3 is 2.26 bits per heavy atom. The first-order valence-corrected chi connectivity index (χ1v) is 8.47. The van der Waals surface area contributed by atoms with Crippen LogP contribution in [0.1, 0.15) is 34.5 Å². The minimum absolute atomic E-state index is 0.101. The fraction of sp³-hybridized carbons (Fsp3) is 0.300. The van der Waals surface area contributed by atoms with Crippen molar-refractivity contribution >= 4 is 11.9 Å².